The second-order valence-corrected chi connectivity index (χ2v) is 5.03. The smallest absolute Gasteiger partial charge is 0.136 e. The van der Waals surface area contributed by atoms with E-state index < -0.39 is 0 Å². The van der Waals surface area contributed by atoms with Crippen molar-refractivity contribution in [2.75, 3.05) is 21.2 Å². The SMILES string of the molecule is COc1cccc([N+](C)(C)Cc2ccccc2)c1. The van der Waals surface area contributed by atoms with Gasteiger partial charge in [0.2, 0.25) is 0 Å². The molecule has 0 saturated heterocycles. The summed E-state index contributed by atoms with van der Waals surface area (Å²) in [5, 5.41) is 0. The van der Waals surface area contributed by atoms with Gasteiger partial charge in [-0.2, -0.15) is 0 Å². The molecule has 2 aromatic rings. The molecule has 0 fully saturated rings. The highest BCUT2D eigenvalue weighted by Gasteiger charge is 2.19. The Morgan fingerprint density at radius 2 is 1.67 bits per heavy atom. The molecule has 2 aromatic carbocycles. The molecule has 0 bridgehead atoms. The molecule has 0 N–H and O–H groups in total. The third kappa shape index (κ3) is 2.90. The van der Waals surface area contributed by atoms with Crippen molar-refractivity contribution in [1.82, 2.24) is 4.48 Å². The molecule has 2 rings (SSSR count). The van der Waals surface area contributed by atoms with Gasteiger partial charge in [-0.05, 0) is 12.1 Å². The van der Waals surface area contributed by atoms with E-state index >= 15 is 0 Å². The minimum absolute atomic E-state index is 0.807. The molecule has 0 aromatic heterocycles. The van der Waals surface area contributed by atoms with E-state index in [0.29, 0.717) is 0 Å². The van der Waals surface area contributed by atoms with E-state index in [0.717, 1.165) is 16.8 Å². The van der Waals surface area contributed by atoms with Crippen molar-refractivity contribution in [3.05, 3.63) is 60.2 Å². The first-order chi connectivity index (χ1) is 8.62. The highest BCUT2D eigenvalue weighted by Crippen LogP contribution is 2.26. The van der Waals surface area contributed by atoms with Crippen LogP contribution in [0.4, 0.5) is 5.69 Å². The molecule has 0 aliphatic carbocycles. The second-order valence-electron chi connectivity index (χ2n) is 5.03. The molecule has 0 saturated carbocycles. The summed E-state index contributed by atoms with van der Waals surface area (Å²) in [4.78, 5) is 0. The van der Waals surface area contributed by atoms with E-state index in [1.54, 1.807) is 7.11 Å². The summed E-state index contributed by atoms with van der Waals surface area (Å²) >= 11 is 0. The Bertz CT molecular complexity index is 506. The van der Waals surface area contributed by atoms with Gasteiger partial charge in [0.25, 0.3) is 0 Å². The average molecular weight is 242 g/mol. The number of rotatable bonds is 4. The minimum Gasteiger partial charge on any atom is -0.497 e. The van der Waals surface area contributed by atoms with Crippen molar-refractivity contribution in [3.63, 3.8) is 0 Å². The first kappa shape index (κ1) is 12.7. The summed E-state index contributed by atoms with van der Waals surface area (Å²) < 4.78 is 6.10. The summed E-state index contributed by atoms with van der Waals surface area (Å²) in [7, 11) is 6.12. The van der Waals surface area contributed by atoms with E-state index in [1.807, 2.05) is 12.1 Å². The van der Waals surface area contributed by atoms with Crippen LogP contribution in [0.2, 0.25) is 0 Å². The van der Waals surface area contributed by atoms with Crippen molar-refractivity contribution in [1.29, 1.82) is 0 Å². The summed E-state index contributed by atoms with van der Waals surface area (Å²) in [6, 6.07) is 18.8. The lowest BCUT2D eigenvalue weighted by Gasteiger charge is -2.29. The third-order valence-corrected chi connectivity index (χ3v) is 3.17. The van der Waals surface area contributed by atoms with Gasteiger partial charge in [-0.25, -0.2) is 0 Å². The number of hydrogen-bond donors (Lipinski definition) is 0. The first-order valence-corrected chi connectivity index (χ1v) is 6.13. The Kier molecular flexibility index (Phi) is 3.68. The fourth-order valence-electron chi connectivity index (χ4n) is 2.12. The van der Waals surface area contributed by atoms with Crippen LogP contribution in [0.25, 0.3) is 0 Å². The van der Waals surface area contributed by atoms with Gasteiger partial charge in [0, 0.05) is 11.6 Å². The third-order valence-electron chi connectivity index (χ3n) is 3.17. The van der Waals surface area contributed by atoms with Gasteiger partial charge < -0.3 is 4.74 Å². The van der Waals surface area contributed by atoms with E-state index in [9.17, 15) is 0 Å². The largest absolute Gasteiger partial charge is 0.497 e. The molecule has 94 valence electrons. The van der Waals surface area contributed by atoms with E-state index in [1.165, 1.54) is 11.3 Å². The molecule has 2 nitrogen and oxygen atoms in total. The van der Waals surface area contributed by atoms with Crippen LogP contribution in [0.15, 0.2) is 54.6 Å². The van der Waals surface area contributed by atoms with Crippen LogP contribution >= 0.6 is 0 Å². The standard InChI is InChI=1S/C16H20NO/c1-17(2,13-14-8-5-4-6-9-14)15-10-7-11-16(12-15)18-3/h4-12H,13H2,1-3H3/q+1. The highest BCUT2D eigenvalue weighted by atomic mass is 16.5. The van der Waals surface area contributed by atoms with Crippen LogP contribution in [0.1, 0.15) is 5.56 Å². The van der Waals surface area contributed by atoms with Gasteiger partial charge in [0.1, 0.15) is 18.0 Å². The quantitative estimate of drug-likeness (QED) is 0.746. The molecule has 18 heavy (non-hydrogen) atoms. The maximum absolute atomic E-state index is 5.29. The molecule has 2 heteroatoms. The van der Waals surface area contributed by atoms with Crippen LogP contribution in [-0.2, 0) is 6.54 Å². The zero-order chi connectivity index (χ0) is 13.0. The van der Waals surface area contributed by atoms with Crippen molar-refractivity contribution >= 4 is 5.69 Å². The Hall–Kier alpha value is -1.80. The average Bonchev–Trinajstić information content (AvgIpc) is 2.39. The topological polar surface area (TPSA) is 9.23 Å². The van der Waals surface area contributed by atoms with Crippen molar-refractivity contribution in [2.45, 2.75) is 6.54 Å². The van der Waals surface area contributed by atoms with E-state index in [2.05, 4.69) is 56.6 Å². The first-order valence-electron chi connectivity index (χ1n) is 6.13. The molecule has 0 spiro atoms. The van der Waals surface area contributed by atoms with Gasteiger partial charge in [0.15, 0.2) is 0 Å². The Balaban J connectivity index is 2.24. The lowest BCUT2D eigenvalue weighted by atomic mass is 10.1. The minimum atomic E-state index is 0.807. The van der Waals surface area contributed by atoms with Crippen LogP contribution in [0, 0.1) is 0 Å². The zero-order valence-corrected chi connectivity index (χ0v) is 11.3. The van der Waals surface area contributed by atoms with Crippen molar-refractivity contribution in [3.8, 4) is 5.75 Å². The monoisotopic (exact) mass is 242 g/mol. The van der Waals surface area contributed by atoms with Gasteiger partial charge in [-0.15, -0.1) is 0 Å². The van der Waals surface area contributed by atoms with Crippen LogP contribution < -0.4 is 9.22 Å². The fourth-order valence-corrected chi connectivity index (χ4v) is 2.12. The predicted molar refractivity (Wildman–Crippen MR) is 76.8 cm³/mol. The van der Waals surface area contributed by atoms with Crippen molar-refractivity contribution in [2.24, 2.45) is 0 Å². The maximum atomic E-state index is 5.29. The van der Waals surface area contributed by atoms with Gasteiger partial charge in [-0.3, -0.25) is 4.48 Å². The normalized spacial score (nSPS) is 11.3. The number of methoxy groups -OCH3 is 1. The molecule has 0 amide bonds. The van der Waals surface area contributed by atoms with Crippen LogP contribution in [0.3, 0.4) is 0 Å². The van der Waals surface area contributed by atoms with Gasteiger partial charge >= 0.3 is 0 Å². The highest BCUT2D eigenvalue weighted by molar-refractivity contribution is 5.47. The summed E-state index contributed by atoms with van der Waals surface area (Å²) in [6.07, 6.45) is 0. The molecular formula is C16H20NO+. The maximum Gasteiger partial charge on any atom is 0.136 e. The van der Waals surface area contributed by atoms with Gasteiger partial charge in [0.05, 0.1) is 21.2 Å². The number of benzene rings is 2. The molecule has 0 radical (unpaired) electrons. The van der Waals surface area contributed by atoms with Crippen LogP contribution in [0.5, 0.6) is 5.75 Å². The van der Waals surface area contributed by atoms with Crippen molar-refractivity contribution < 1.29 is 4.74 Å². The fraction of sp³-hybridized carbons (Fsp3) is 0.250. The van der Waals surface area contributed by atoms with Crippen LogP contribution in [-0.4, -0.2) is 21.2 Å². The summed E-state index contributed by atoms with van der Waals surface area (Å²) in [5.41, 5.74) is 2.59. The molecule has 0 heterocycles. The number of ether oxygens (including phenoxy) is 1. The number of quaternary nitrogens is 1. The lowest BCUT2D eigenvalue weighted by molar-refractivity contribution is 0.383. The Morgan fingerprint density at radius 3 is 2.33 bits per heavy atom. The Labute approximate surface area is 109 Å². The Morgan fingerprint density at radius 1 is 0.944 bits per heavy atom. The number of nitrogens with zero attached hydrogens (tertiary/aromatic N) is 1. The predicted octanol–water partition coefficient (Wildman–Crippen LogP) is 3.46. The summed E-state index contributed by atoms with van der Waals surface area (Å²) in [6.45, 7) is 0.966. The van der Waals surface area contributed by atoms with E-state index in [-0.39, 0.29) is 0 Å². The molecular weight excluding hydrogens is 222 g/mol. The summed E-state index contributed by atoms with van der Waals surface area (Å²) in [5.74, 6) is 0.909. The molecule has 0 aliphatic heterocycles. The molecule has 0 aliphatic rings. The van der Waals surface area contributed by atoms with E-state index in [4.69, 9.17) is 4.74 Å². The number of hydrogen-bond acceptors (Lipinski definition) is 1. The van der Waals surface area contributed by atoms with Gasteiger partial charge in [-0.1, -0.05) is 36.4 Å². The zero-order valence-electron chi connectivity index (χ0n) is 11.3. The second kappa shape index (κ2) is 5.23. The lowest BCUT2D eigenvalue weighted by Crippen LogP contribution is -2.39. The molecule has 0 atom stereocenters. The molecule has 0 unspecified atom stereocenters.